The van der Waals surface area contributed by atoms with Gasteiger partial charge in [0, 0.05) is 5.56 Å². The van der Waals surface area contributed by atoms with E-state index in [1.54, 1.807) is 19.1 Å². The maximum Gasteiger partial charge on any atom is 0.302 e. The first-order chi connectivity index (χ1) is 16.5. The number of hydrogen-bond donors (Lipinski definition) is 2. The molecule has 1 unspecified atom stereocenters. The second-order valence-electron chi connectivity index (χ2n) is 8.89. The number of carbonyl (C=O) groups is 2. The van der Waals surface area contributed by atoms with E-state index in [1.807, 2.05) is 42.5 Å². The van der Waals surface area contributed by atoms with Crippen LogP contribution in [0.5, 0.6) is 0 Å². The van der Waals surface area contributed by atoms with Crippen molar-refractivity contribution in [3.05, 3.63) is 88.4 Å². The van der Waals surface area contributed by atoms with Gasteiger partial charge in [-0.25, -0.2) is 4.98 Å². The standard InChI is InChI=1S/C27H23N3O4/c1-15-10-13-21(34-15)23-22(24(31)18-12-11-16-6-2-3-7-17(16)14-18)25(32)26(33)30(23)27-28-19-8-4-5-9-20(19)29-27/h4-5,8-14,23,31H,2-3,6-7H2,1H3,(H,28,29)/b24-22+. The summed E-state index contributed by atoms with van der Waals surface area (Å²) in [4.78, 5) is 35.5. The van der Waals surface area contributed by atoms with Crippen LogP contribution in [0.15, 0.2) is 64.6 Å². The number of nitrogens with zero attached hydrogens (tertiary/aromatic N) is 2. The van der Waals surface area contributed by atoms with E-state index in [2.05, 4.69) is 9.97 Å². The van der Waals surface area contributed by atoms with E-state index >= 15 is 0 Å². The predicted molar refractivity (Wildman–Crippen MR) is 127 cm³/mol. The number of ketones is 1. The average Bonchev–Trinajstić information content (AvgIpc) is 3.54. The Balaban J connectivity index is 1.53. The van der Waals surface area contributed by atoms with E-state index in [0.29, 0.717) is 22.6 Å². The van der Waals surface area contributed by atoms with Crippen LogP contribution in [-0.2, 0) is 22.4 Å². The van der Waals surface area contributed by atoms with Gasteiger partial charge in [0.1, 0.15) is 23.3 Å². The summed E-state index contributed by atoms with van der Waals surface area (Å²) >= 11 is 0. The molecule has 7 nitrogen and oxygen atoms in total. The van der Waals surface area contributed by atoms with E-state index < -0.39 is 17.7 Å². The predicted octanol–water partition coefficient (Wildman–Crippen LogP) is 4.97. The number of amides is 1. The van der Waals surface area contributed by atoms with Crippen molar-refractivity contribution in [1.82, 2.24) is 9.97 Å². The molecular formula is C27H23N3O4. The zero-order valence-corrected chi connectivity index (χ0v) is 18.7. The van der Waals surface area contributed by atoms with E-state index in [9.17, 15) is 14.7 Å². The summed E-state index contributed by atoms with van der Waals surface area (Å²) in [6, 6.07) is 15.7. The molecule has 3 heterocycles. The number of H-pyrrole nitrogens is 1. The number of aliphatic hydroxyl groups excluding tert-OH is 1. The van der Waals surface area contributed by atoms with Crippen LogP contribution >= 0.6 is 0 Å². The molecule has 1 aliphatic carbocycles. The Morgan fingerprint density at radius 3 is 2.62 bits per heavy atom. The summed E-state index contributed by atoms with van der Waals surface area (Å²) in [5.74, 6) is -0.487. The van der Waals surface area contributed by atoms with Gasteiger partial charge in [-0.15, -0.1) is 0 Å². The highest BCUT2D eigenvalue weighted by atomic mass is 16.3. The number of fused-ring (bicyclic) bond motifs is 2. The van der Waals surface area contributed by atoms with Gasteiger partial charge in [-0.2, -0.15) is 0 Å². The van der Waals surface area contributed by atoms with Crippen molar-refractivity contribution in [1.29, 1.82) is 0 Å². The third-order valence-corrected chi connectivity index (χ3v) is 6.70. The molecule has 1 fully saturated rings. The van der Waals surface area contributed by atoms with Gasteiger partial charge in [-0.05, 0) is 74.1 Å². The van der Waals surface area contributed by atoms with Crippen LogP contribution in [0.25, 0.3) is 16.8 Å². The number of furan rings is 1. The highest BCUT2D eigenvalue weighted by Gasteiger charge is 2.49. The second kappa shape index (κ2) is 7.73. The van der Waals surface area contributed by atoms with Crippen LogP contribution in [-0.4, -0.2) is 26.8 Å². The van der Waals surface area contributed by atoms with E-state index in [0.717, 1.165) is 31.2 Å². The number of aliphatic hydroxyl groups is 1. The van der Waals surface area contributed by atoms with Crippen LogP contribution in [0, 0.1) is 6.92 Å². The number of para-hydroxylation sites is 2. The molecule has 2 aliphatic rings. The lowest BCUT2D eigenvalue weighted by Crippen LogP contribution is -2.30. The quantitative estimate of drug-likeness (QED) is 0.259. The number of anilines is 1. The maximum atomic E-state index is 13.3. The summed E-state index contributed by atoms with van der Waals surface area (Å²) in [6.45, 7) is 1.79. The van der Waals surface area contributed by atoms with Gasteiger partial charge >= 0.3 is 5.91 Å². The topological polar surface area (TPSA) is 99.4 Å². The van der Waals surface area contributed by atoms with E-state index in [1.165, 1.54) is 16.0 Å². The van der Waals surface area contributed by atoms with Gasteiger partial charge in [-0.3, -0.25) is 14.5 Å². The van der Waals surface area contributed by atoms with E-state index in [-0.39, 0.29) is 17.3 Å². The Morgan fingerprint density at radius 2 is 1.85 bits per heavy atom. The molecule has 0 radical (unpaired) electrons. The molecule has 2 aromatic carbocycles. The number of nitrogens with one attached hydrogen (secondary N) is 1. The number of aromatic amines is 1. The van der Waals surface area contributed by atoms with Gasteiger partial charge < -0.3 is 14.5 Å². The monoisotopic (exact) mass is 453 g/mol. The first-order valence-corrected chi connectivity index (χ1v) is 11.5. The number of aromatic nitrogens is 2. The van der Waals surface area contributed by atoms with Crippen molar-refractivity contribution < 1.29 is 19.1 Å². The third kappa shape index (κ3) is 3.15. The van der Waals surface area contributed by atoms with Crippen molar-refractivity contribution >= 4 is 34.4 Å². The molecule has 34 heavy (non-hydrogen) atoms. The molecule has 1 saturated heterocycles. The maximum absolute atomic E-state index is 13.3. The van der Waals surface area contributed by atoms with Gasteiger partial charge in [0.15, 0.2) is 0 Å². The fraction of sp³-hybridized carbons (Fsp3) is 0.222. The Hall–Kier alpha value is -4.13. The molecule has 0 bridgehead atoms. The minimum Gasteiger partial charge on any atom is -0.507 e. The lowest BCUT2D eigenvalue weighted by Gasteiger charge is -2.21. The molecule has 1 atom stereocenters. The van der Waals surface area contributed by atoms with Gasteiger partial charge in [0.25, 0.3) is 5.78 Å². The summed E-state index contributed by atoms with van der Waals surface area (Å²) in [7, 11) is 0. The van der Waals surface area contributed by atoms with Crippen LogP contribution in [0.3, 0.4) is 0 Å². The Bertz CT molecular complexity index is 1460. The minimum absolute atomic E-state index is 0.00411. The molecule has 1 amide bonds. The fourth-order valence-corrected chi connectivity index (χ4v) is 5.01. The Labute approximate surface area is 195 Å². The molecule has 0 saturated carbocycles. The van der Waals surface area contributed by atoms with Crippen molar-refractivity contribution in [2.45, 2.75) is 38.6 Å². The Kier molecular flexibility index (Phi) is 4.65. The first-order valence-electron chi connectivity index (χ1n) is 11.5. The molecular weight excluding hydrogens is 430 g/mol. The summed E-state index contributed by atoms with van der Waals surface area (Å²) < 4.78 is 5.86. The van der Waals surface area contributed by atoms with Crippen LogP contribution in [0.1, 0.15) is 47.1 Å². The minimum atomic E-state index is -0.940. The zero-order valence-electron chi connectivity index (χ0n) is 18.7. The molecule has 1 aliphatic heterocycles. The first kappa shape index (κ1) is 20.5. The molecule has 4 aromatic rings. The van der Waals surface area contributed by atoms with Crippen molar-refractivity contribution in [2.75, 3.05) is 4.90 Å². The lowest BCUT2D eigenvalue weighted by molar-refractivity contribution is -0.132. The van der Waals surface area contributed by atoms with Crippen LogP contribution in [0.4, 0.5) is 5.95 Å². The Morgan fingerprint density at radius 1 is 1.06 bits per heavy atom. The number of rotatable bonds is 3. The smallest absolute Gasteiger partial charge is 0.302 e. The molecule has 7 heteroatoms. The summed E-state index contributed by atoms with van der Waals surface area (Å²) in [6.07, 6.45) is 4.20. The third-order valence-electron chi connectivity index (χ3n) is 6.70. The average molecular weight is 453 g/mol. The molecule has 6 rings (SSSR count). The largest absolute Gasteiger partial charge is 0.507 e. The number of Topliss-reactive ketones (excluding diaryl/α,β-unsaturated/α-hetero) is 1. The van der Waals surface area contributed by atoms with Crippen molar-refractivity contribution in [3.63, 3.8) is 0 Å². The molecule has 2 aromatic heterocycles. The molecule has 0 spiro atoms. The SMILES string of the molecule is Cc1ccc(C2/C(=C(\O)c3ccc4c(c3)CCCC4)C(=O)C(=O)N2c2nc3ccccc3[nH]2)o1. The van der Waals surface area contributed by atoms with Gasteiger partial charge in [-0.1, -0.05) is 24.3 Å². The summed E-state index contributed by atoms with van der Waals surface area (Å²) in [5.41, 5.74) is 4.37. The van der Waals surface area contributed by atoms with Crippen LogP contribution < -0.4 is 4.90 Å². The molecule has 2 N–H and O–H groups in total. The van der Waals surface area contributed by atoms with Gasteiger partial charge in [0.05, 0.1) is 16.6 Å². The number of hydrogen-bond acceptors (Lipinski definition) is 5. The number of benzene rings is 2. The lowest BCUT2D eigenvalue weighted by atomic mass is 9.89. The van der Waals surface area contributed by atoms with Crippen LogP contribution in [0.2, 0.25) is 0 Å². The van der Waals surface area contributed by atoms with E-state index in [4.69, 9.17) is 4.42 Å². The number of imidazole rings is 1. The summed E-state index contributed by atoms with van der Waals surface area (Å²) in [5, 5.41) is 11.4. The normalized spacial score (nSPS) is 19.7. The highest BCUT2D eigenvalue weighted by molar-refractivity contribution is 6.51. The number of aryl methyl sites for hydroxylation is 3. The second-order valence-corrected chi connectivity index (χ2v) is 8.89. The van der Waals surface area contributed by atoms with Crippen molar-refractivity contribution in [2.24, 2.45) is 0 Å². The highest BCUT2D eigenvalue weighted by Crippen LogP contribution is 2.42. The zero-order chi connectivity index (χ0) is 23.4. The number of carbonyl (C=O) groups excluding carboxylic acids is 2. The van der Waals surface area contributed by atoms with Crippen molar-refractivity contribution in [3.8, 4) is 0 Å². The molecule has 170 valence electrons. The fourth-order valence-electron chi connectivity index (χ4n) is 5.01. The van der Waals surface area contributed by atoms with Gasteiger partial charge in [0.2, 0.25) is 5.95 Å².